The molecule has 164 valence electrons. The van der Waals surface area contributed by atoms with Crippen LogP contribution in [-0.2, 0) is 16.0 Å². The maximum Gasteiger partial charge on any atom is 0.407 e. The molecule has 0 fully saturated rings. The summed E-state index contributed by atoms with van der Waals surface area (Å²) in [5.74, 6) is -0.495. The van der Waals surface area contributed by atoms with Gasteiger partial charge in [0.1, 0.15) is 12.4 Å². The fourth-order valence-corrected chi connectivity index (χ4v) is 4.11. The molecule has 0 radical (unpaired) electrons. The van der Waals surface area contributed by atoms with Crippen LogP contribution in [0.3, 0.4) is 0 Å². The number of fused-ring (bicyclic) bond motifs is 3. The van der Waals surface area contributed by atoms with Gasteiger partial charge in [-0.3, -0.25) is 0 Å². The van der Waals surface area contributed by atoms with E-state index in [1.165, 1.54) is 22.3 Å². The molecule has 0 aromatic heterocycles. The van der Waals surface area contributed by atoms with Crippen LogP contribution in [0.5, 0.6) is 5.75 Å². The minimum atomic E-state index is -1.02. The fourth-order valence-electron chi connectivity index (χ4n) is 4.11. The number of hydrogen-bond acceptors (Lipinski definition) is 4. The molecule has 0 bridgehead atoms. The van der Waals surface area contributed by atoms with Crippen molar-refractivity contribution in [3.8, 4) is 16.9 Å². The number of amides is 1. The highest BCUT2D eigenvalue weighted by atomic mass is 16.5. The van der Waals surface area contributed by atoms with Crippen molar-refractivity contribution in [3.05, 3.63) is 89.5 Å². The Kier molecular flexibility index (Phi) is 6.40. The SMILES string of the molecule is CC(Cc1ccc(OCC(=O)O)cc1)NC(=O)OCC1c2ccccc2-c2ccccc21. The zero-order valence-corrected chi connectivity index (χ0v) is 17.8. The quantitative estimate of drug-likeness (QED) is 0.544. The van der Waals surface area contributed by atoms with E-state index in [0.717, 1.165) is 5.56 Å². The van der Waals surface area contributed by atoms with E-state index in [1.54, 1.807) is 12.1 Å². The lowest BCUT2D eigenvalue weighted by Gasteiger charge is -2.17. The van der Waals surface area contributed by atoms with Gasteiger partial charge in [-0.25, -0.2) is 9.59 Å². The highest BCUT2D eigenvalue weighted by Crippen LogP contribution is 2.44. The highest BCUT2D eigenvalue weighted by Gasteiger charge is 2.29. The maximum atomic E-state index is 12.4. The molecule has 6 heteroatoms. The van der Waals surface area contributed by atoms with Gasteiger partial charge in [0.25, 0.3) is 0 Å². The van der Waals surface area contributed by atoms with Gasteiger partial charge in [0, 0.05) is 12.0 Å². The molecular weight excluding hydrogens is 406 g/mol. The third-order valence-corrected chi connectivity index (χ3v) is 5.54. The van der Waals surface area contributed by atoms with E-state index in [2.05, 4.69) is 29.6 Å². The summed E-state index contributed by atoms with van der Waals surface area (Å²) < 4.78 is 10.7. The van der Waals surface area contributed by atoms with Crippen molar-refractivity contribution in [2.24, 2.45) is 0 Å². The molecule has 1 amide bonds. The number of alkyl carbamates (subject to hydrolysis) is 1. The number of ether oxygens (including phenoxy) is 2. The third kappa shape index (κ3) is 4.91. The van der Waals surface area contributed by atoms with E-state index >= 15 is 0 Å². The summed E-state index contributed by atoms with van der Waals surface area (Å²) in [4.78, 5) is 23.0. The van der Waals surface area contributed by atoms with Crippen LogP contribution >= 0.6 is 0 Å². The molecule has 1 aliphatic rings. The Balaban J connectivity index is 1.30. The lowest BCUT2D eigenvalue weighted by Crippen LogP contribution is -2.35. The summed E-state index contributed by atoms with van der Waals surface area (Å²) in [5.41, 5.74) is 5.75. The van der Waals surface area contributed by atoms with E-state index in [1.807, 2.05) is 43.3 Å². The fraction of sp³-hybridized carbons (Fsp3) is 0.231. The first-order valence-corrected chi connectivity index (χ1v) is 10.6. The Labute approximate surface area is 186 Å². The molecule has 1 aliphatic carbocycles. The smallest absolute Gasteiger partial charge is 0.407 e. The maximum absolute atomic E-state index is 12.4. The van der Waals surface area contributed by atoms with Crippen molar-refractivity contribution in [2.75, 3.05) is 13.2 Å². The van der Waals surface area contributed by atoms with Crippen molar-refractivity contribution >= 4 is 12.1 Å². The third-order valence-electron chi connectivity index (χ3n) is 5.54. The van der Waals surface area contributed by atoms with Gasteiger partial charge >= 0.3 is 12.1 Å². The van der Waals surface area contributed by atoms with E-state index in [-0.39, 0.29) is 25.2 Å². The number of rotatable bonds is 8. The second-order valence-electron chi connectivity index (χ2n) is 7.90. The predicted octanol–water partition coefficient (Wildman–Crippen LogP) is 4.62. The molecule has 0 saturated heterocycles. The van der Waals surface area contributed by atoms with E-state index in [9.17, 15) is 9.59 Å². The Morgan fingerprint density at radius 1 is 0.938 bits per heavy atom. The first kappa shape index (κ1) is 21.4. The van der Waals surface area contributed by atoms with Gasteiger partial charge in [-0.1, -0.05) is 60.7 Å². The van der Waals surface area contributed by atoms with Crippen LogP contribution in [0.2, 0.25) is 0 Å². The predicted molar refractivity (Wildman–Crippen MR) is 121 cm³/mol. The summed E-state index contributed by atoms with van der Waals surface area (Å²) in [5, 5.41) is 11.5. The number of carboxylic acids is 1. The normalized spacial score (nSPS) is 13.0. The van der Waals surface area contributed by atoms with Crippen LogP contribution in [0, 0.1) is 0 Å². The highest BCUT2D eigenvalue weighted by molar-refractivity contribution is 5.79. The Bertz CT molecular complexity index is 1060. The van der Waals surface area contributed by atoms with Crippen LogP contribution < -0.4 is 10.1 Å². The van der Waals surface area contributed by atoms with E-state index in [4.69, 9.17) is 14.6 Å². The lowest BCUT2D eigenvalue weighted by atomic mass is 9.98. The van der Waals surface area contributed by atoms with Crippen molar-refractivity contribution in [3.63, 3.8) is 0 Å². The molecule has 0 aliphatic heterocycles. The molecule has 4 rings (SSSR count). The number of benzene rings is 3. The summed E-state index contributed by atoms with van der Waals surface area (Å²) >= 11 is 0. The number of carboxylic acid groups (broad SMARTS) is 1. The van der Waals surface area contributed by atoms with Gasteiger partial charge in [0.2, 0.25) is 0 Å². The standard InChI is InChI=1S/C26H25NO5/c1-17(14-18-10-12-19(13-11-18)31-16-25(28)29)27-26(30)32-15-24-22-8-4-2-6-20(22)21-7-3-5-9-23(21)24/h2-13,17,24H,14-16H2,1H3,(H,27,30)(H,28,29). The van der Waals surface area contributed by atoms with Gasteiger partial charge < -0.3 is 19.9 Å². The molecule has 3 aromatic rings. The number of nitrogens with one attached hydrogen (secondary N) is 1. The van der Waals surface area contributed by atoms with Gasteiger partial charge in [0.05, 0.1) is 0 Å². The summed E-state index contributed by atoms with van der Waals surface area (Å²) in [6.07, 6.45) is 0.171. The van der Waals surface area contributed by atoms with Gasteiger partial charge in [-0.05, 0) is 53.3 Å². The van der Waals surface area contributed by atoms with Gasteiger partial charge in [-0.2, -0.15) is 0 Å². The van der Waals surface area contributed by atoms with Crippen LogP contribution in [0.25, 0.3) is 11.1 Å². The van der Waals surface area contributed by atoms with Gasteiger partial charge in [-0.15, -0.1) is 0 Å². The summed E-state index contributed by atoms with van der Waals surface area (Å²) in [6, 6.07) is 23.5. The minimum absolute atomic E-state index is 0.0294. The average Bonchev–Trinajstić information content (AvgIpc) is 3.11. The first-order valence-electron chi connectivity index (χ1n) is 10.6. The molecule has 0 heterocycles. The molecule has 2 N–H and O–H groups in total. The van der Waals surface area contributed by atoms with Crippen molar-refractivity contribution in [1.29, 1.82) is 0 Å². The Morgan fingerprint density at radius 3 is 2.12 bits per heavy atom. The number of aliphatic carboxylic acids is 1. The van der Waals surface area contributed by atoms with Crippen LogP contribution in [0.4, 0.5) is 4.79 Å². The van der Waals surface area contributed by atoms with Gasteiger partial charge in [0.15, 0.2) is 6.61 Å². The van der Waals surface area contributed by atoms with E-state index < -0.39 is 12.1 Å². The largest absolute Gasteiger partial charge is 0.482 e. The average molecular weight is 431 g/mol. The zero-order valence-electron chi connectivity index (χ0n) is 17.8. The topological polar surface area (TPSA) is 84.9 Å². The molecule has 3 aromatic carbocycles. The second kappa shape index (κ2) is 9.56. The lowest BCUT2D eigenvalue weighted by molar-refractivity contribution is -0.139. The Morgan fingerprint density at radius 2 is 1.53 bits per heavy atom. The molecule has 1 unspecified atom stereocenters. The first-order chi connectivity index (χ1) is 15.5. The van der Waals surface area contributed by atoms with Crippen molar-refractivity contribution in [2.45, 2.75) is 25.3 Å². The van der Waals surface area contributed by atoms with Crippen molar-refractivity contribution in [1.82, 2.24) is 5.32 Å². The van der Waals surface area contributed by atoms with Crippen molar-refractivity contribution < 1.29 is 24.2 Å². The molecule has 32 heavy (non-hydrogen) atoms. The number of hydrogen-bond donors (Lipinski definition) is 2. The molecule has 0 spiro atoms. The second-order valence-corrected chi connectivity index (χ2v) is 7.90. The molecule has 6 nitrogen and oxygen atoms in total. The van der Waals surface area contributed by atoms with Crippen LogP contribution in [-0.4, -0.2) is 36.4 Å². The molecular formula is C26H25NO5. The zero-order chi connectivity index (χ0) is 22.5. The summed E-state index contributed by atoms with van der Waals surface area (Å²) in [6.45, 7) is 1.82. The number of carbonyl (C=O) groups is 2. The molecule has 0 saturated carbocycles. The van der Waals surface area contributed by atoms with E-state index in [0.29, 0.717) is 12.2 Å². The minimum Gasteiger partial charge on any atom is -0.482 e. The molecule has 1 atom stereocenters. The summed E-state index contributed by atoms with van der Waals surface area (Å²) in [7, 11) is 0. The Hall–Kier alpha value is -3.80. The number of carbonyl (C=O) groups excluding carboxylic acids is 1. The monoisotopic (exact) mass is 431 g/mol. The van der Waals surface area contributed by atoms with Crippen LogP contribution in [0.1, 0.15) is 29.5 Å². The van der Waals surface area contributed by atoms with Crippen LogP contribution in [0.15, 0.2) is 72.8 Å².